The largest absolute Gasteiger partial charge is 0.487 e. The van der Waals surface area contributed by atoms with Crippen molar-refractivity contribution in [3.8, 4) is 5.75 Å². The zero-order valence-corrected chi connectivity index (χ0v) is 35.3. The van der Waals surface area contributed by atoms with E-state index in [1.54, 1.807) is 13.8 Å². The maximum Gasteiger partial charge on any atom is 0.264 e. The number of nitrogens with zero attached hydrogens (tertiary/aromatic N) is 2. The number of aliphatic imine (C=N–C) groups is 1. The second kappa shape index (κ2) is 21.6. The molecule has 3 atom stereocenters. The lowest BCUT2D eigenvalue weighted by Crippen LogP contribution is -2.52. The molecule has 1 aromatic carbocycles. The molecule has 1 aliphatic carbocycles. The van der Waals surface area contributed by atoms with E-state index in [0.29, 0.717) is 36.9 Å². The highest BCUT2D eigenvalue weighted by Crippen LogP contribution is 2.42. The summed E-state index contributed by atoms with van der Waals surface area (Å²) in [6.45, 7) is 21.1. The molecule has 0 aromatic heterocycles. The molecule has 1 fully saturated rings. The van der Waals surface area contributed by atoms with Crippen molar-refractivity contribution in [2.75, 3.05) is 13.1 Å². The molecular formula is C42H68N6O6S. The normalized spacial score (nSPS) is 17.4. The molecule has 0 bridgehead atoms. The van der Waals surface area contributed by atoms with Gasteiger partial charge in [-0.3, -0.25) is 14.6 Å². The number of hydrogen-bond acceptors (Lipinski definition) is 7. The van der Waals surface area contributed by atoms with Crippen LogP contribution in [0.3, 0.4) is 0 Å². The van der Waals surface area contributed by atoms with E-state index < -0.39 is 28.0 Å². The average Bonchev–Trinajstić information content (AvgIpc) is 3.64. The molecule has 5 N–H and O–H groups in total. The SMILES string of the molecule is [C-]#[N+]CCCCCCCCC(C(=O)N[C@@H](CCCN=C(N)NS(=O)(=O)c1c(C)c(C)c2c(c1C)CCC(C)(C)O2)C(=O)N[C@H](C=O)CC(C)C)C1CCCC1. The number of guanidine groups is 1. The highest BCUT2D eigenvalue weighted by Gasteiger charge is 2.35. The fourth-order valence-electron chi connectivity index (χ4n) is 8.16. The van der Waals surface area contributed by atoms with Gasteiger partial charge in [0.05, 0.1) is 10.9 Å². The number of carbonyl (C=O) groups excluding carboxylic acids is 3. The fourth-order valence-corrected chi connectivity index (χ4v) is 9.68. The molecule has 3 rings (SSSR count). The van der Waals surface area contributed by atoms with E-state index in [9.17, 15) is 22.8 Å². The number of fused-ring (bicyclic) bond motifs is 1. The number of benzene rings is 1. The maximum absolute atomic E-state index is 13.9. The van der Waals surface area contributed by atoms with Gasteiger partial charge in [0.2, 0.25) is 24.3 Å². The van der Waals surface area contributed by atoms with Crippen LogP contribution in [0.25, 0.3) is 4.85 Å². The Labute approximate surface area is 330 Å². The molecule has 0 spiro atoms. The highest BCUT2D eigenvalue weighted by atomic mass is 32.2. The fraction of sp³-hybridized carbons (Fsp3) is 0.738. The zero-order chi connectivity index (χ0) is 40.8. The van der Waals surface area contributed by atoms with Gasteiger partial charge in [-0.05, 0) is 126 Å². The van der Waals surface area contributed by atoms with Crippen molar-refractivity contribution >= 4 is 34.1 Å². The van der Waals surface area contributed by atoms with Crippen LogP contribution in [-0.4, -0.2) is 63.3 Å². The van der Waals surface area contributed by atoms with E-state index >= 15 is 0 Å². The van der Waals surface area contributed by atoms with E-state index in [1.165, 1.54) is 0 Å². The van der Waals surface area contributed by atoms with Crippen LogP contribution in [-0.2, 0) is 30.8 Å². The Kier molecular flexibility index (Phi) is 18.0. The first-order chi connectivity index (χ1) is 26.0. The van der Waals surface area contributed by atoms with Gasteiger partial charge in [-0.15, -0.1) is 0 Å². The monoisotopic (exact) mass is 784 g/mol. The Morgan fingerprint density at radius 2 is 1.62 bits per heavy atom. The van der Waals surface area contributed by atoms with E-state index in [1.807, 2.05) is 34.6 Å². The predicted molar refractivity (Wildman–Crippen MR) is 218 cm³/mol. The van der Waals surface area contributed by atoms with Crippen molar-refractivity contribution in [2.24, 2.45) is 28.5 Å². The molecule has 1 aromatic rings. The van der Waals surface area contributed by atoms with Gasteiger partial charge >= 0.3 is 0 Å². The first-order valence-electron chi connectivity index (χ1n) is 20.5. The molecular weight excluding hydrogens is 717 g/mol. The lowest BCUT2D eigenvalue weighted by molar-refractivity contribution is -0.133. The van der Waals surface area contributed by atoms with Gasteiger partial charge in [-0.1, -0.05) is 52.4 Å². The molecule has 2 amide bonds. The first-order valence-corrected chi connectivity index (χ1v) is 22.0. The predicted octanol–water partition coefficient (Wildman–Crippen LogP) is 6.76. The van der Waals surface area contributed by atoms with Crippen LogP contribution in [0.1, 0.15) is 146 Å². The molecule has 1 heterocycles. The molecule has 0 radical (unpaired) electrons. The lowest BCUT2D eigenvalue weighted by atomic mass is 9.85. The average molecular weight is 785 g/mol. The van der Waals surface area contributed by atoms with E-state index in [-0.39, 0.29) is 53.1 Å². The molecule has 13 heteroatoms. The van der Waals surface area contributed by atoms with Crippen LogP contribution in [0.5, 0.6) is 5.75 Å². The van der Waals surface area contributed by atoms with E-state index in [2.05, 4.69) is 25.2 Å². The number of amides is 2. The third-order valence-corrected chi connectivity index (χ3v) is 12.9. The Bertz CT molecular complexity index is 1640. The van der Waals surface area contributed by atoms with Crippen LogP contribution >= 0.6 is 0 Å². The Hall–Kier alpha value is -3.66. The summed E-state index contributed by atoms with van der Waals surface area (Å²) in [6.07, 6.45) is 14.3. The van der Waals surface area contributed by atoms with Gasteiger partial charge in [0.1, 0.15) is 23.7 Å². The van der Waals surface area contributed by atoms with Crippen molar-refractivity contribution in [1.29, 1.82) is 0 Å². The summed E-state index contributed by atoms with van der Waals surface area (Å²) in [5.41, 5.74) is 8.69. The quantitative estimate of drug-likeness (QED) is 0.0331. The number of unbranched alkanes of at least 4 members (excludes halogenated alkanes) is 5. The van der Waals surface area contributed by atoms with Crippen LogP contribution in [0.15, 0.2) is 9.89 Å². The number of carbonyl (C=O) groups is 3. The summed E-state index contributed by atoms with van der Waals surface area (Å²) in [5.74, 6) is 0.188. The van der Waals surface area contributed by atoms with Crippen molar-refractivity contribution in [1.82, 2.24) is 15.4 Å². The van der Waals surface area contributed by atoms with Gasteiger partial charge in [-0.25, -0.2) is 19.7 Å². The summed E-state index contributed by atoms with van der Waals surface area (Å²) in [5, 5.41) is 5.88. The zero-order valence-electron chi connectivity index (χ0n) is 34.5. The molecule has 12 nitrogen and oxygen atoms in total. The number of nitrogens with one attached hydrogen (secondary N) is 3. The summed E-state index contributed by atoms with van der Waals surface area (Å²) < 4.78 is 36.1. The second-order valence-electron chi connectivity index (χ2n) is 16.8. The molecule has 308 valence electrons. The summed E-state index contributed by atoms with van der Waals surface area (Å²) in [4.78, 5) is 47.3. The number of aldehydes is 1. The van der Waals surface area contributed by atoms with Gasteiger partial charge in [0.25, 0.3) is 10.0 Å². The lowest BCUT2D eigenvalue weighted by Gasteiger charge is -2.35. The minimum Gasteiger partial charge on any atom is -0.487 e. The van der Waals surface area contributed by atoms with Crippen LogP contribution < -0.4 is 25.8 Å². The van der Waals surface area contributed by atoms with Crippen molar-refractivity contribution in [3.05, 3.63) is 33.7 Å². The highest BCUT2D eigenvalue weighted by molar-refractivity contribution is 7.90. The summed E-state index contributed by atoms with van der Waals surface area (Å²) in [6, 6.07) is -1.56. The van der Waals surface area contributed by atoms with Crippen molar-refractivity contribution in [2.45, 2.75) is 174 Å². The Morgan fingerprint density at radius 3 is 2.25 bits per heavy atom. The molecule has 55 heavy (non-hydrogen) atoms. The van der Waals surface area contributed by atoms with Gasteiger partial charge in [0.15, 0.2) is 0 Å². The van der Waals surface area contributed by atoms with Gasteiger partial charge in [-0.2, -0.15) is 0 Å². The minimum atomic E-state index is -4.08. The van der Waals surface area contributed by atoms with Gasteiger partial charge in [0, 0.05) is 18.9 Å². The first kappa shape index (κ1) is 45.7. The molecule has 1 aliphatic heterocycles. The van der Waals surface area contributed by atoms with E-state index in [0.717, 1.165) is 100 Å². The number of rotatable bonds is 22. The van der Waals surface area contributed by atoms with Crippen molar-refractivity contribution < 1.29 is 27.5 Å². The number of ether oxygens (including phenoxy) is 1. The topological polar surface area (TPSA) is 173 Å². The Balaban J connectivity index is 1.70. The van der Waals surface area contributed by atoms with E-state index in [4.69, 9.17) is 17.0 Å². The van der Waals surface area contributed by atoms with Crippen molar-refractivity contribution in [3.63, 3.8) is 0 Å². The van der Waals surface area contributed by atoms with Crippen LogP contribution in [0.4, 0.5) is 0 Å². The third-order valence-electron chi connectivity index (χ3n) is 11.3. The number of sulfonamides is 1. The smallest absolute Gasteiger partial charge is 0.264 e. The molecule has 2 aliphatic rings. The molecule has 0 saturated heterocycles. The molecule has 1 unspecified atom stereocenters. The van der Waals surface area contributed by atoms with Crippen LogP contribution in [0.2, 0.25) is 0 Å². The second-order valence-corrected chi connectivity index (χ2v) is 18.4. The maximum atomic E-state index is 13.9. The minimum absolute atomic E-state index is 0.114. The molecule has 1 saturated carbocycles. The third kappa shape index (κ3) is 13.8. The Morgan fingerprint density at radius 1 is 0.964 bits per heavy atom. The summed E-state index contributed by atoms with van der Waals surface area (Å²) >= 11 is 0. The standard InChI is InChI=1S/C42H68N6O6S/c1-28(2)26-33(27-49)46-40(51)36(47-39(50)35(32-18-14-15-19-32)20-13-11-9-10-12-16-24-44-8)21-17-25-45-41(43)48-55(52,53)38-30(4)29(3)37-34(31(38)5)22-23-42(6,7)54-37/h27-28,32-33,35-36H,9-26H2,1-7H3,(H,46,51)(H,47,50)(H3,43,45,48)/t33-,35?,36-/m0/s1. The van der Waals surface area contributed by atoms with Crippen LogP contribution in [0, 0.1) is 45.1 Å². The summed E-state index contributed by atoms with van der Waals surface area (Å²) in [7, 11) is -4.08. The number of hydrogen-bond donors (Lipinski definition) is 4. The van der Waals surface area contributed by atoms with Gasteiger partial charge < -0.3 is 30.7 Å². The number of nitrogens with two attached hydrogens (primary N) is 1.